The molecule has 0 unspecified atom stereocenters. The summed E-state index contributed by atoms with van der Waals surface area (Å²) < 4.78 is 15.8. The average molecular weight is 377 g/mol. The summed E-state index contributed by atoms with van der Waals surface area (Å²) in [6.07, 6.45) is 0.650. The van der Waals surface area contributed by atoms with Crippen molar-refractivity contribution in [1.82, 2.24) is 5.43 Å². The maximum absolute atomic E-state index is 12.5. The van der Waals surface area contributed by atoms with Crippen molar-refractivity contribution in [1.29, 1.82) is 0 Å². The Morgan fingerprint density at radius 1 is 1.00 bits per heavy atom. The van der Waals surface area contributed by atoms with Crippen LogP contribution in [0, 0.1) is 0 Å². The van der Waals surface area contributed by atoms with Crippen LogP contribution in [0.3, 0.4) is 0 Å². The van der Waals surface area contributed by atoms with E-state index in [1.54, 1.807) is 24.3 Å². The molecule has 0 aliphatic carbocycles. The monoisotopic (exact) mass is 376 g/mol. The van der Waals surface area contributed by atoms with Crippen LogP contribution >= 0.6 is 11.6 Å². The Morgan fingerprint density at radius 2 is 1.58 bits per heavy atom. The topological polar surface area (TPSA) is 69.2 Å². The van der Waals surface area contributed by atoms with E-state index in [9.17, 15) is 4.79 Å². The summed E-state index contributed by atoms with van der Waals surface area (Å²) in [7, 11) is 4.49. The van der Waals surface area contributed by atoms with Crippen LogP contribution in [0.2, 0.25) is 5.02 Å². The van der Waals surface area contributed by atoms with Crippen LogP contribution in [-0.4, -0.2) is 32.9 Å². The smallest absolute Gasteiger partial charge is 0.271 e. The maximum atomic E-state index is 12.5. The van der Waals surface area contributed by atoms with E-state index in [4.69, 9.17) is 25.8 Å². The number of nitrogens with one attached hydrogen (secondary N) is 1. The molecule has 1 amide bonds. The quantitative estimate of drug-likeness (QED) is 0.587. The molecule has 0 saturated heterocycles. The summed E-state index contributed by atoms with van der Waals surface area (Å²) in [5.74, 6) is 0.832. The highest BCUT2D eigenvalue weighted by molar-refractivity contribution is 6.30. The second-order valence-electron chi connectivity index (χ2n) is 5.27. The molecule has 0 radical (unpaired) electrons. The molecule has 0 spiro atoms. The number of benzene rings is 2. The zero-order valence-corrected chi connectivity index (χ0v) is 15.9. The Kier molecular flexibility index (Phi) is 6.86. The number of methoxy groups -OCH3 is 3. The standard InChI is InChI=1S/C19H21ClN2O4/c1-5-15(12-6-8-14(20)9-7-12)21-22-19(23)13-10-16(24-2)18(26-4)17(11-13)25-3/h6-11H,5H2,1-4H3,(H,22,23). The lowest BCUT2D eigenvalue weighted by Crippen LogP contribution is -2.20. The van der Waals surface area contributed by atoms with Crippen molar-refractivity contribution < 1.29 is 19.0 Å². The first-order chi connectivity index (χ1) is 12.5. The van der Waals surface area contributed by atoms with E-state index < -0.39 is 0 Å². The summed E-state index contributed by atoms with van der Waals surface area (Å²) in [5.41, 5.74) is 4.54. The van der Waals surface area contributed by atoms with Crippen molar-refractivity contribution in [3.8, 4) is 17.2 Å². The van der Waals surface area contributed by atoms with Crippen molar-refractivity contribution in [2.24, 2.45) is 5.10 Å². The molecule has 7 heteroatoms. The van der Waals surface area contributed by atoms with Gasteiger partial charge in [0.25, 0.3) is 5.91 Å². The molecule has 0 atom stereocenters. The van der Waals surface area contributed by atoms with Gasteiger partial charge in [-0.25, -0.2) is 5.43 Å². The Morgan fingerprint density at radius 3 is 2.04 bits per heavy atom. The Balaban J connectivity index is 2.27. The van der Waals surface area contributed by atoms with E-state index in [-0.39, 0.29) is 5.91 Å². The fraction of sp³-hybridized carbons (Fsp3) is 0.263. The number of amides is 1. The molecule has 0 aromatic heterocycles. The van der Waals surface area contributed by atoms with Gasteiger partial charge in [-0.2, -0.15) is 5.10 Å². The van der Waals surface area contributed by atoms with Gasteiger partial charge in [-0.05, 0) is 36.2 Å². The molecule has 2 aromatic rings. The molecular formula is C19H21ClN2O4. The number of carbonyl (C=O) groups is 1. The largest absolute Gasteiger partial charge is 0.493 e. The number of hydrogen-bond donors (Lipinski definition) is 1. The molecule has 2 aromatic carbocycles. The summed E-state index contributed by atoms with van der Waals surface area (Å²) in [6, 6.07) is 10.4. The van der Waals surface area contributed by atoms with Crippen molar-refractivity contribution in [3.05, 3.63) is 52.5 Å². The molecule has 0 heterocycles. The zero-order chi connectivity index (χ0) is 19.1. The van der Waals surface area contributed by atoms with Gasteiger partial charge >= 0.3 is 0 Å². The first kappa shape index (κ1) is 19.6. The second-order valence-corrected chi connectivity index (χ2v) is 5.71. The van der Waals surface area contributed by atoms with Crippen LogP contribution in [0.5, 0.6) is 17.2 Å². The van der Waals surface area contributed by atoms with Gasteiger partial charge in [0.15, 0.2) is 11.5 Å². The number of ether oxygens (including phenoxy) is 3. The van der Waals surface area contributed by atoms with E-state index in [1.165, 1.54) is 21.3 Å². The van der Waals surface area contributed by atoms with Gasteiger partial charge in [0, 0.05) is 10.6 Å². The normalized spacial score (nSPS) is 11.0. The van der Waals surface area contributed by atoms with Crippen LogP contribution in [0.15, 0.2) is 41.5 Å². The summed E-state index contributed by atoms with van der Waals surface area (Å²) in [5, 5.41) is 4.88. The lowest BCUT2D eigenvalue weighted by atomic mass is 10.1. The van der Waals surface area contributed by atoms with E-state index in [0.29, 0.717) is 34.3 Å². The summed E-state index contributed by atoms with van der Waals surface area (Å²) >= 11 is 5.91. The molecule has 138 valence electrons. The zero-order valence-electron chi connectivity index (χ0n) is 15.1. The SMILES string of the molecule is CCC(=NNC(=O)c1cc(OC)c(OC)c(OC)c1)c1ccc(Cl)cc1. The predicted molar refractivity (Wildman–Crippen MR) is 102 cm³/mol. The number of nitrogens with zero attached hydrogens (tertiary/aromatic N) is 1. The van der Waals surface area contributed by atoms with Gasteiger partial charge in [-0.1, -0.05) is 30.7 Å². The van der Waals surface area contributed by atoms with E-state index in [0.717, 1.165) is 11.3 Å². The molecule has 2 rings (SSSR count). The molecule has 0 bridgehead atoms. The Bertz CT molecular complexity index is 779. The van der Waals surface area contributed by atoms with Crippen LogP contribution in [0.1, 0.15) is 29.3 Å². The van der Waals surface area contributed by atoms with Gasteiger partial charge in [0.2, 0.25) is 5.75 Å². The van der Waals surface area contributed by atoms with Crippen LogP contribution < -0.4 is 19.6 Å². The molecule has 26 heavy (non-hydrogen) atoms. The van der Waals surface area contributed by atoms with Crippen LogP contribution in [0.4, 0.5) is 0 Å². The van der Waals surface area contributed by atoms with E-state index in [2.05, 4.69) is 10.5 Å². The molecule has 0 fully saturated rings. The molecule has 6 nitrogen and oxygen atoms in total. The van der Waals surface area contributed by atoms with Gasteiger partial charge in [0.05, 0.1) is 27.0 Å². The number of hydrazone groups is 1. The lowest BCUT2D eigenvalue weighted by Gasteiger charge is -2.13. The first-order valence-electron chi connectivity index (χ1n) is 7.96. The minimum Gasteiger partial charge on any atom is -0.493 e. The van der Waals surface area contributed by atoms with Gasteiger partial charge < -0.3 is 14.2 Å². The number of halogens is 1. The van der Waals surface area contributed by atoms with E-state index >= 15 is 0 Å². The minimum absolute atomic E-state index is 0.342. The molecule has 0 aliphatic heterocycles. The molecular weight excluding hydrogens is 356 g/mol. The minimum atomic E-state index is -0.385. The molecule has 1 N–H and O–H groups in total. The number of carbonyl (C=O) groups excluding carboxylic acids is 1. The van der Waals surface area contributed by atoms with Crippen molar-refractivity contribution in [2.75, 3.05) is 21.3 Å². The highest BCUT2D eigenvalue weighted by Gasteiger charge is 2.17. The van der Waals surface area contributed by atoms with Crippen LogP contribution in [0.25, 0.3) is 0 Å². The third kappa shape index (κ3) is 4.46. The predicted octanol–water partition coefficient (Wildman–Crippen LogP) is 3.91. The Labute approximate surface area is 157 Å². The lowest BCUT2D eigenvalue weighted by molar-refractivity contribution is 0.0954. The van der Waals surface area contributed by atoms with E-state index in [1.807, 2.05) is 19.1 Å². The third-order valence-electron chi connectivity index (χ3n) is 3.73. The van der Waals surface area contributed by atoms with Crippen molar-refractivity contribution in [3.63, 3.8) is 0 Å². The third-order valence-corrected chi connectivity index (χ3v) is 3.98. The summed E-state index contributed by atoms with van der Waals surface area (Å²) in [6.45, 7) is 1.96. The van der Waals surface area contributed by atoms with Crippen LogP contribution in [-0.2, 0) is 0 Å². The van der Waals surface area contributed by atoms with Crippen molar-refractivity contribution in [2.45, 2.75) is 13.3 Å². The average Bonchev–Trinajstić information content (AvgIpc) is 2.68. The molecule has 0 aliphatic rings. The number of rotatable bonds is 7. The Hall–Kier alpha value is -2.73. The van der Waals surface area contributed by atoms with Crippen molar-refractivity contribution >= 4 is 23.2 Å². The highest BCUT2D eigenvalue weighted by atomic mass is 35.5. The van der Waals surface area contributed by atoms with Gasteiger partial charge in [-0.15, -0.1) is 0 Å². The fourth-order valence-corrected chi connectivity index (χ4v) is 2.51. The first-order valence-corrected chi connectivity index (χ1v) is 8.34. The van der Waals surface area contributed by atoms with Gasteiger partial charge in [0.1, 0.15) is 0 Å². The molecule has 0 saturated carbocycles. The fourth-order valence-electron chi connectivity index (χ4n) is 2.38. The highest BCUT2D eigenvalue weighted by Crippen LogP contribution is 2.38. The number of hydrogen-bond acceptors (Lipinski definition) is 5. The maximum Gasteiger partial charge on any atom is 0.271 e. The second kappa shape index (κ2) is 9.10. The summed E-state index contributed by atoms with van der Waals surface area (Å²) in [4.78, 5) is 12.5. The van der Waals surface area contributed by atoms with Gasteiger partial charge in [-0.3, -0.25) is 4.79 Å².